The predicted molar refractivity (Wildman–Crippen MR) is 73.4 cm³/mol. The first-order chi connectivity index (χ1) is 8.43. The summed E-state index contributed by atoms with van der Waals surface area (Å²) in [6, 6.07) is 6.86. The van der Waals surface area contributed by atoms with E-state index in [0.29, 0.717) is 17.7 Å². The van der Waals surface area contributed by atoms with Gasteiger partial charge in [-0.1, -0.05) is 32.4 Å². The van der Waals surface area contributed by atoms with Crippen molar-refractivity contribution in [3.8, 4) is 0 Å². The van der Waals surface area contributed by atoms with Crippen molar-refractivity contribution in [3.05, 3.63) is 29.8 Å². The minimum absolute atomic E-state index is 0.310. The molecule has 3 nitrogen and oxygen atoms in total. The third-order valence-electron chi connectivity index (χ3n) is 3.13. The van der Waals surface area contributed by atoms with Gasteiger partial charge >= 0.3 is 0 Å². The molecule has 0 aliphatic heterocycles. The van der Waals surface area contributed by atoms with Crippen LogP contribution in [0, 0.1) is 6.92 Å². The first-order valence-electron chi connectivity index (χ1n) is 6.42. The van der Waals surface area contributed by atoms with E-state index in [9.17, 15) is 13.5 Å². The van der Waals surface area contributed by atoms with Gasteiger partial charge in [-0.25, -0.2) is 8.42 Å². The topological polar surface area (TPSA) is 54.4 Å². The molecule has 2 unspecified atom stereocenters. The van der Waals surface area contributed by atoms with Gasteiger partial charge in [-0.05, 0) is 37.5 Å². The Bertz CT molecular complexity index is 480. The molecule has 2 atom stereocenters. The molecule has 0 radical (unpaired) electrons. The Hall–Kier alpha value is -0.870. The SMILES string of the molecule is CCCC(O)C(CC)S(=O)(=O)c1cccc(C)c1. The first kappa shape index (κ1) is 15.2. The number of aliphatic hydroxyl groups is 1. The van der Waals surface area contributed by atoms with E-state index in [1.807, 2.05) is 19.9 Å². The van der Waals surface area contributed by atoms with E-state index in [1.54, 1.807) is 25.1 Å². The first-order valence-corrected chi connectivity index (χ1v) is 7.96. The highest BCUT2D eigenvalue weighted by Crippen LogP contribution is 2.23. The van der Waals surface area contributed by atoms with Gasteiger partial charge in [0.05, 0.1) is 16.2 Å². The van der Waals surface area contributed by atoms with Crippen LogP contribution < -0.4 is 0 Å². The fourth-order valence-electron chi connectivity index (χ4n) is 2.15. The number of hydrogen-bond acceptors (Lipinski definition) is 3. The number of sulfone groups is 1. The normalized spacial score (nSPS) is 15.3. The lowest BCUT2D eigenvalue weighted by molar-refractivity contribution is 0.155. The Labute approximate surface area is 110 Å². The summed E-state index contributed by atoms with van der Waals surface area (Å²) in [5, 5.41) is 9.29. The number of aryl methyl sites for hydroxylation is 1. The molecule has 18 heavy (non-hydrogen) atoms. The number of hydrogen-bond donors (Lipinski definition) is 1. The van der Waals surface area contributed by atoms with E-state index in [0.717, 1.165) is 12.0 Å². The second-order valence-electron chi connectivity index (χ2n) is 4.66. The molecule has 1 N–H and O–H groups in total. The maximum Gasteiger partial charge on any atom is 0.183 e. The van der Waals surface area contributed by atoms with Crippen molar-refractivity contribution >= 4 is 9.84 Å². The van der Waals surface area contributed by atoms with Crippen LogP contribution in [0.15, 0.2) is 29.2 Å². The van der Waals surface area contributed by atoms with Gasteiger partial charge in [0.15, 0.2) is 9.84 Å². The van der Waals surface area contributed by atoms with Gasteiger partial charge in [-0.2, -0.15) is 0 Å². The van der Waals surface area contributed by atoms with Crippen LogP contribution >= 0.6 is 0 Å². The average molecular weight is 270 g/mol. The summed E-state index contributed by atoms with van der Waals surface area (Å²) in [5.74, 6) is 0. The maximum absolute atomic E-state index is 12.5. The molecule has 0 bridgehead atoms. The lowest BCUT2D eigenvalue weighted by Gasteiger charge is -2.21. The quantitative estimate of drug-likeness (QED) is 0.864. The molecule has 0 aliphatic carbocycles. The van der Waals surface area contributed by atoms with E-state index < -0.39 is 21.2 Å². The van der Waals surface area contributed by atoms with Gasteiger partial charge in [0.1, 0.15) is 0 Å². The van der Waals surface area contributed by atoms with Crippen LogP contribution in [0.4, 0.5) is 0 Å². The predicted octanol–water partition coefficient (Wildman–Crippen LogP) is 2.71. The molecule has 0 saturated carbocycles. The third-order valence-corrected chi connectivity index (χ3v) is 5.49. The van der Waals surface area contributed by atoms with Crippen LogP contribution in [0.25, 0.3) is 0 Å². The molecule has 0 fully saturated rings. The van der Waals surface area contributed by atoms with Crippen LogP contribution in [0.1, 0.15) is 38.7 Å². The number of aliphatic hydroxyl groups excluding tert-OH is 1. The van der Waals surface area contributed by atoms with E-state index in [4.69, 9.17) is 0 Å². The summed E-state index contributed by atoms with van der Waals surface area (Å²) in [7, 11) is -3.45. The molecule has 0 aliphatic rings. The Morgan fingerprint density at radius 3 is 2.44 bits per heavy atom. The Kier molecular flexibility index (Phi) is 5.35. The summed E-state index contributed by atoms with van der Waals surface area (Å²) in [5.41, 5.74) is 0.913. The van der Waals surface area contributed by atoms with Crippen LogP contribution in [-0.4, -0.2) is 24.9 Å². The maximum atomic E-state index is 12.5. The molecular weight excluding hydrogens is 248 g/mol. The third kappa shape index (κ3) is 3.33. The van der Waals surface area contributed by atoms with Gasteiger partial charge in [-0.15, -0.1) is 0 Å². The molecule has 0 amide bonds. The number of benzene rings is 1. The standard InChI is InChI=1S/C14H22O3S/c1-4-7-13(15)14(5-2)18(16,17)12-9-6-8-11(3)10-12/h6,8-10,13-15H,4-5,7H2,1-3H3. The van der Waals surface area contributed by atoms with Crippen LogP contribution in [-0.2, 0) is 9.84 Å². The second-order valence-corrected chi connectivity index (χ2v) is 6.83. The molecule has 0 saturated heterocycles. The van der Waals surface area contributed by atoms with Crippen LogP contribution in [0.5, 0.6) is 0 Å². The molecule has 0 heterocycles. The van der Waals surface area contributed by atoms with Crippen molar-refractivity contribution in [2.75, 3.05) is 0 Å². The largest absolute Gasteiger partial charge is 0.392 e. The molecule has 1 aromatic carbocycles. The summed E-state index contributed by atoms with van der Waals surface area (Å²) >= 11 is 0. The molecule has 102 valence electrons. The molecule has 1 rings (SSSR count). The minimum Gasteiger partial charge on any atom is -0.392 e. The van der Waals surface area contributed by atoms with Crippen LogP contribution in [0.3, 0.4) is 0 Å². The number of rotatable bonds is 6. The monoisotopic (exact) mass is 270 g/mol. The van der Waals surface area contributed by atoms with E-state index in [-0.39, 0.29) is 0 Å². The Balaban J connectivity index is 3.11. The molecule has 1 aromatic rings. The van der Waals surface area contributed by atoms with Crippen LogP contribution in [0.2, 0.25) is 0 Å². The summed E-state index contributed by atoms with van der Waals surface area (Å²) < 4.78 is 24.9. The minimum atomic E-state index is -3.45. The van der Waals surface area contributed by atoms with Crippen molar-refractivity contribution in [1.29, 1.82) is 0 Å². The molecular formula is C14H22O3S. The molecule has 0 spiro atoms. The van der Waals surface area contributed by atoms with Crippen molar-refractivity contribution < 1.29 is 13.5 Å². The lowest BCUT2D eigenvalue weighted by atomic mass is 10.1. The van der Waals surface area contributed by atoms with Gasteiger partial charge < -0.3 is 5.11 Å². The van der Waals surface area contributed by atoms with E-state index in [2.05, 4.69) is 0 Å². The Morgan fingerprint density at radius 2 is 1.94 bits per heavy atom. The Morgan fingerprint density at radius 1 is 1.28 bits per heavy atom. The molecule has 0 aromatic heterocycles. The highest BCUT2D eigenvalue weighted by molar-refractivity contribution is 7.92. The highest BCUT2D eigenvalue weighted by Gasteiger charge is 2.31. The van der Waals surface area contributed by atoms with Crippen molar-refractivity contribution in [3.63, 3.8) is 0 Å². The molecule has 4 heteroatoms. The highest BCUT2D eigenvalue weighted by atomic mass is 32.2. The second kappa shape index (κ2) is 6.34. The van der Waals surface area contributed by atoms with E-state index in [1.165, 1.54) is 0 Å². The van der Waals surface area contributed by atoms with Crippen molar-refractivity contribution in [1.82, 2.24) is 0 Å². The van der Waals surface area contributed by atoms with Gasteiger partial charge in [-0.3, -0.25) is 0 Å². The summed E-state index contributed by atoms with van der Waals surface area (Å²) in [6.45, 7) is 5.61. The zero-order chi connectivity index (χ0) is 13.8. The zero-order valence-corrected chi connectivity index (χ0v) is 12.1. The summed E-state index contributed by atoms with van der Waals surface area (Å²) in [4.78, 5) is 0.310. The van der Waals surface area contributed by atoms with E-state index >= 15 is 0 Å². The van der Waals surface area contributed by atoms with Crippen molar-refractivity contribution in [2.24, 2.45) is 0 Å². The summed E-state index contributed by atoms with van der Waals surface area (Å²) in [6.07, 6.45) is 0.938. The lowest BCUT2D eigenvalue weighted by Crippen LogP contribution is -2.33. The fourth-order valence-corrected chi connectivity index (χ4v) is 4.10. The van der Waals surface area contributed by atoms with Gasteiger partial charge in [0.25, 0.3) is 0 Å². The average Bonchev–Trinajstić information content (AvgIpc) is 2.30. The van der Waals surface area contributed by atoms with Gasteiger partial charge in [0.2, 0.25) is 0 Å². The zero-order valence-electron chi connectivity index (χ0n) is 11.3. The fraction of sp³-hybridized carbons (Fsp3) is 0.571. The van der Waals surface area contributed by atoms with Crippen molar-refractivity contribution in [2.45, 2.75) is 56.3 Å². The smallest absolute Gasteiger partial charge is 0.183 e. The van der Waals surface area contributed by atoms with Gasteiger partial charge in [0, 0.05) is 0 Å².